The molecule has 164 valence electrons. The minimum atomic E-state index is -0.848. The smallest absolute Gasteiger partial charge is 0.168 e. The second-order valence-electron chi connectivity index (χ2n) is 9.10. The van der Waals surface area contributed by atoms with Crippen molar-refractivity contribution < 1.29 is 8.78 Å². The monoisotopic (exact) mass is 414 g/mol. The summed E-state index contributed by atoms with van der Waals surface area (Å²) < 4.78 is 28.0. The Labute approximate surface area is 180 Å². The van der Waals surface area contributed by atoms with Crippen LogP contribution in [0.2, 0.25) is 0 Å². The van der Waals surface area contributed by atoms with E-state index in [2.05, 4.69) is 17.1 Å². The van der Waals surface area contributed by atoms with Crippen LogP contribution in [0.3, 0.4) is 0 Å². The van der Waals surface area contributed by atoms with Crippen molar-refractivity contribution >= 4 is 0 Å². The molecule has 30 heavy (non-hydrogen) atoms. The fourth-order valence-electron chi connectivity index (χ4n) is 4.68. The lowest BCUT2D eigenvalue weighted by Gasteiger charge is -2.28. The molecule has 0 saturated heterocycles. The quantitative estimate of drug-likeness (QED) is 0.370. The Morgan fingerprint density at radius 2 is 1.50 bits per heavy atom. The standard InChI is InChI=1S/C26H36F2N2/c1-3-4-5-6-7-8-20-10-12-21(13-11-20)14-15-22-16-18-24(30-29-22)23-17-9-19(2)25(27)26(23)28/h9,16-18,20-21H,3-8,10-15H2,1-2H3. The molecule has 0 atom stereocenters. The van der Waals surface area contributed by atoms with Crippen molar-refractivity contribution in [2.45, 2.75) is 90.9 Å². The van der Waals surface area contributed by atoms with Gasteiger partial charge in [-0.1, -0.05) is 77.2 Å². The summed E-state index contributed by atoms with van der Waals surface area (Å²) >= 11 is 0. The topological polar surface area (TPSA) is 25.8 Å². The van der Waals surface area contributed by atoms with Gasteiger partial charge in [-0.25, -0.2) is 8.78 Å². The Morgan fingerprint density at radius 3 is 2.17 bits per heavy atom. The Hall–Kier alpha value is -1.84. The van der Waals surface area contributed by atoms with Gasteiger partial charge >= 0.3 is 0 Å². The summed E-state index contributed by atoms with van der Waals surface area (Å²) in [4.78, 5) is 0. The lowest BCUT2D eigenvalue weighted by Crippen LogP contribution is -2.15. The minimum absolute atomic E-state index is 0.171. The summed E-state index contributed by atoms with van der Waals surface area (Å²) in [7, 11) is 0. The first-order valence-electron chi connectivity index (χ1n) is 11.9. The molecule has 0 unspecified atom stereocenters. The van der Waals surface area contributed by atoms with Crippen LogP contribution in [-0.2, 0) is 6.42 Å². The maximum atomic E-state index is 14.2. The van der Waals surface area contributed by atoms with Crippen LogP contribution in [-0.4, -0.2) is 10.2 Å². The molecule has 0 radical (unpaired) electrons. The molecular formula is C26H36F2N2. The summed E-state index contributed by atoms with van der Waals surface area (Å²) in [5, 5.41) is 8.43. The third-order valence-corrected chi connectivity index (χ3v) is 6.76. The van der Waals surface area contributed by atoms with Gasteiger partial charge in [0.05, 0.1) is 11.4 Å². The number of benzene rings is 1. The molecule has 1 aliphatic rings. The average molecular weight is 415 g/mol. The average Bonchev–Trinajstić information content (AvgIpc) is 2.77. The maximum absolute atomic E-state index is 14.2. The Bertz CT molecular complexity index is 780. The minimum Gasteiger partial charge on any atom is -0.203 e. The third kappa shape index (κ3) is 6.33. The molecule has 1 aromatic heterocycles. The van der Waals surface area contributed by atoms with Crippen LogP contribution in [0.1, 0.15) is 88.8 Å². The number of nitrogens with zero attached hydrogens (tertiary/aromatic N) is 2. The molecule has 0 bridgehead atoms. The van der Waals surface area contributed by atoms with E-state index in [9.17, 15) is 8.78 Å². The molecule has 4 heteroatoms. The van der Waals surface area contributed by atoms with Crippen molar-refractivity contribution in [3.63, 3.8) is 0 Å². The molecule has 0 amide bonds. The Kier molecular flexibility index (Phi) is 8.77. The highest BCUT2D eigenvalue weighted by Gasteiger charge is 2.21. The van der Waals surface area contributed by atoms with Gasteiger partial charge in [-0.05, 0) is 55.4 Å². The predicted octanol–water partition coefficient (Wildman–Crippen LogP) is 7.83. The van der Waals surface area contributed by atoms with Crippen LogP contribution >= 0.6 is 0 Å². The summed E-state index contributed by atoms with van der Waals surface area (Å²) in [6.07, 6.45) is 15.8. The molecular weight excluding hydrogens is 378 g/mol. The van der Waals surface area contributed by atoms with Crippen LogP contribution in [0.5, 0.6) is 0 Å². The van der Waals surface area contributed by atoms with Crippen LogP contribution in [0.4, 0.5) is 8.78 Å². The molecule has 0 N–H and O–H groups in total. The van der Waals surface area contributed by atoms with E-state index in [0.717, 1.165) is 30.4 Å². The summed E-state index contributed by atoms with van der Waals surface area (Å²) in [6, 6.07) is 6.80. The van der Waals surface area contributed by atoms with Crippen LogP contribution in [0.25, 0.3) is 11.3 Å². The highest BCUT2D eigenvalue weighted by Crippen LogP contribution is 2.34. The molecule has 0 aliphatic heterocycles. The van der Waals surface area contributed by atoms with Crippen molar-refractivity contribution in [3.8, 4) is 11.3 Å². The van der Waals surface area contributed by atoms with E-state index in [-0.39, 0.29) is 5.56 Å². The molecule has 1 aromatic carbocycles. The fourth-order valence-corrected chi connectivity index (χ4v) is 4.68. The highest BCUT2D eigenvalue weighted by molar-refractivity contribution is 5.60. The summed E-state index contributed by atoms with van der Waals surface area (Å²) in [5.41, 5.74) is 1.79. The van der Waals surface area contributed by atoms with Crippen molar-refractivity contribution in [2.75, 3.05) is 0 Å². The molecule has 0 spiro atoms. The zero-order valence-electron chi connectivity index (χ0n) is 18.6. The van der Waals surface area contributed by atoms with Crippen molar-refractivity contribution in [1.82, 2.24) is 10.2 Å². The van der Waals surface area contributed by atoms with Gasteiger partial charge in [-0.2, -0.15) is 10.2 Å². The largest absolute Gasteiger partial charge is 0.203 e. The lowest BCUT2D eigenvalue weighted by atomic mass is 9.78. The number of hydrogen-bond donors (Lipinski definition) is 0. The Balaban J connectivity index is 1.41. The van der Waals surface area contributed by atoms with Gasteiger partial charge in [0.25, 0.3) is 0 Å². The SMILES string of the molecule is CCCCCCCC1CCC(CCc2ccc(-c3ccc(C)c(F)c3F)nn2)CC1. The van der Waals surface area contributed by atoms with E-state index in [0.29, 0.717) is 11.3 Å². The summed E-state index contributed by atoms with van der Waals surface area (Å²) in [5.74, 6) is 0.0623. The molecule has 1 saturated carbocycles. The van der Waals surface area contributed by atoms with E-state index in [1.54, 1.807) is 25.1 Å². The predicted molar refractivity (Wildman–Crippen MR) is 119 cm³/mol. The molecule has 1 fully saturated rings. The van der Waals surface area contributed by atoms with Gasteiger partial charge in [0, 0.05) is 5.56 Å². The molecule has 1 aliphatic carbocycles. The van der Waals surface area contributed by atoms with Crippen molar-refractivity contribution in [3.05, 3.63) is 47.2 Å². The first-order valence-corrected chi connectivity index (χ1v) is 11.9. The van der Waals surface area contributed by atoms with E-state index in [4.69, 9.17) is 0 Å². The zero-order valence-corrected chi connectivity index (χ0v) is 18.6. The number of rotatable bonds is 10. The maximum Gasteiger partial charge on any atom is 0.168 e. The lowest BCUT2D eigenvalue weighted by molar-refractivity contribution is 0.248. The van der Waals surface area contributed by atoms with Crippen LogP contribution < -0.4 is 0 Å². The van der Waals surface area contributed by atoms with Crippen molar-refractivity contribution in [1.29, 1.82) is 0 Å². The van der Waals surface area contributed by atoms with E-state index in [1.807, 2.05) is 6.07 Å². The number of unbranched alkanes of at least 4 members (excludes halogenated alkanes) is 4. The third-order valence-electron chi connectivity index (χ3n) is 6.76. The normalized spacial score (nSPS) is 19.2. The summed E-state index contributed by atoms with van der Waals surface area (Å²) in [6.45, 7) is 3.82. The molecule has 2 nitrogen and oxygen atoms in total. The Morgan fingerprint density at radius 1 is 0.800 bits per heavy atom. The van der Waals surface area contributed by atoms with E-state index in [1.165, 1.54) is 64.2 Å². The number of halogens is 2. The van der Waals surface area contributed by atoms with Crippen LogP contribution in [0.15, 0.2) is 24.3 Å². The van der Waals surface area contributed by atoms with E-state index >= 15 is 0 Å². The van der Waals surface area contributed by atoms with Gasteiger partial charge < -0.3 is 0 Å². The molecule has 3 rings (SSSR count). The second kappa shape index (κ2) is 11.5. The molecule has 2 aromatic rings. The first-order chi connectivity index (χ1) is 14.6. The fraction of sp³-hybridized carbons (Fsp3) is 0.615. The van der Waals surface area contributed by atoms with Gasteiger partial charge in [0.1, 0.15) is 0 Å². The number of aryl methyl sites for hydroxylation is 2. The van der Waals surface area contributed by atoms with Gasteiger partial charge in [-0.15, -0.1) is 0 Å². The van der Waals surface area contributed by atoms with Gasteiger partial charge in [0.2, 0.25) is 0 Å². The van der Waals surface area contributed by atoms with Gasteiger partial charge in [0.15, 0.2) is 11.6 Å². The van der Waals surface area contributed by atoms with Crippen molar-refractivity contribution in [2.24, 2.45) is 11.8 Å². The van der Waals surface area contributed by atoms with E-state index < -0.39 is 11.6 Å². The number of aromatic nitrogens is 2. The molecule has 1 heterocycles. The second-order valence-corrected chi connectivity index (χ2v) is 9.10. The first kappa shape index (κ1) is 22.8. The van der Waals surface area contributed by atoms with Crippen LogP contribution in [0, 0.1) is 30.4 Å². The number of hydrogen-bond acceptors (Lipinski definition) is 2. The zero-order chi connectivity index (χ0) is 21.3. The highest BCUT2D eigenvalue weighted by atomic mass is 19.2. The van der Waals surface area contributed by atoms with Gasteiger partial charge in [-0.3, -0.25) is 0 Å².